The molecule has 0 aromatic rings. The molecule has 0 bridgehead atoms. The van der Waals surface area contributed by atoms with Gasteiger partial charge in [-0.2, -0.15) is 0 Å². The van der Waals surface area contributed by atoms with E-state index in [0.29, 0.717) is 6.42 Å². The van der Waals surface area contributed by atoms with Gasteiger partial charge >= 0.3 is 0 Å². The van der Waals surface area contributed by atoms with Crippen molar-refractivity contribution in [1.29, 1.82) is 0 Å². The van der Waals surface area contributed by atoms with Crippen LogP contribution in [0.3, 0.4) is 0 Å². The first-order chi connectivity index (χ1) is 6.50. The van der Waals surface area contributed by atoms with Crippen LogP contribution in [-0.4, -0.2) is 47.9 Å². The van der Waals surface area contributed by atoms with Gasteiger partial charge in [0.1, 0.15) is 5.78 Å². The van der Waals surface area contributed by atoms with Gasteiger partial charge in [-0.05, 0) is 13.8 Å². The van der Waals surface area contributed by atoms with Crippen LogP contribution in [0.25, 0.3) is 0 Å². The summed E-state index contributed by atoms with van der Waals surface area (Å²) in [6, 6.07) is 0. The van der Waals surface area contributed by atoms with Crippen LogP contribution in [0.2, 0.25) is 0 Å². The monoisotopic (exact) mass is 263 g/mol. The topological polar surface area (TPSA) is 29.5 Å². The second-order valence-electron chi connectivity index (χ2n) is 4.10. The zero-order chi connectivity index (χ0) is 10.6. The molecule has 1 fully saturated rings. The summed E-state index contributed by atoms with van der Waals surface area (Å²) in [4.78, 5) is 13.9. The Kier molecular flexibility index (Phi) is 4.54. The van der Waals surface area contributed by atoms with Crippen molar-refractivity contribution in [2.24, 2.45) is 0 Å². The summed E-state index contributed by atoms with van der Waals surface area (Å²) in [5.74, 6) is 0.268. The number of ether oxygens (including phenoxy) is 1. The number of nitrogens with zero attached hydrogens (tertiary/aromatic N) is 1. The van der Waals surface area contributed by atoms with Gasteiger partial charge in [0.15, 0.2) is 0 Å². The number of rotatable bonds is 4. The Balaban J connectivity index is 2.22. The molecule has 0 N–H and O–H groups in total. The first kappa shape index (κ1) is 12.1. The summed E-state index contributed by atoms with van der Waals surface area (Å²) in [5.41, 5.74) is 0. The van der Waals surface area contributed by atoms with E-state index < -0.39 is 0 Å². The molecule has 0 aromatic heterocycles. The molecule has 4 heteroatoms. The van der Waals surface area contributed by atoms with Gasteiger partial charge in [-0.1, -0.05) is 15.9 Å². The Bertz CT molecular complexity index is 195. The molecule has 1 rings (SSSR count). The number of morpholine rings is 1. The highest BCUT2D eigenvalue weighted by Gasteiger charge is 2.23. The van der Waals surface area contributed by atoms with Crippen LogP contribution in [0.15, 0.2) is 0 Å². The lowest BCUT2D eigenvalue weighted by Gasteiger charge is -2.27. The van der Waals surface area contributed by atoms with Crippen LogP contribution in [0.5, 0.6) is 0 Å². The van der Waals surface area contributed by atoms with E-state index in [1.54, 1.807) is 0 Å². The van der Waals surface area contributed by atoms with Gasteiger partial charge in [0, 0.05) is 26.1 Å². The van der Waals surface area contributed by atoms with E-state index in [4.69, 9.17) is 4.74 Å². The third-order valence-electron chi connectivity index (χ3n) is 2.42. The number of ketones is 1. The average Bonchev–Trinajstić information content (AvgIpc) is 2.14. The van der Waals surface area contributed by atoms with E-state index in [1.807, 2.05) is 13.8 Å². The lowest BCUT2D eigenvalue weighted by atomic mass is 10.1. The number of carbonyl (C=O) groups excluding carboxylic acids is 1. The summed E-state index contributed by atoms with van der Waals surface area (Å²) in [6.45, 7) is 8.16. The van der Waals surface area contributed by atoms with E-state index in [-0.39, 0.29) is 10.1 Å². The maximum absolute atomic E-state index is 11.6. The molecule has 0 radical (unpaired) electrons. The summed E-state index contributed by atoms with van der Waals surface area (Å²) in [6.07, 6.45) is 0.623. The third-order valence-corrected chi connectivity index (χ3v) is 2.86. The maximum Gasteiger partial charge on any atom is 0.150 e. The van der Waals surface area contributed by atoms with Gasteiger partial charge in [-0.25, -0.2) is 0 Å². The molecule has 0 amide bonds. The Labute approximate surface area is 93.9 Å². The fraction of sp³-hybridized carbons (Fsp3) is 0.900. The summed E-state index contributed by atoms with van der Waals surface area (Å²) in [5, 5.41) is 0. The van der Waals surface area contributed by atoms with Crippen molar-refractivity contribution in [2.45, 2.75) is 24.6 Å². The van der Waals surface area contributed by atoms with Crippen molar-refractivity contribution >= 4 is 21.7 Å². The number of hydrogen-bond donors (Lipinski definition) is 0. The number of carbonyl (C=O) groups is 1. The van der Waals surface area contributed by atoms with Gasteiger partial charge in [-0.3, -0.25) is 9.69 Å². The fourth-order valence-electron chi connectivity index (χ4n) is 1.38. The first-order valence-corrected chi connectivity index (χ1v) is 5.82. The molecule has 1 aliphatic heterocycles. The molecule has 1 saturated heterocycles. The van der Waals surface area contributed by atoms with E-state index in [9.17, 15) is 4.79 Å². The highest BCUT2D eigenvalue weighted by Crippen LogP contribution is 2.18. The van der Waals surface area contributed by atoms with Gasteiger partial charge in [0.2, 0.25) is 0 Å². The average molecular weight is 264 g/mol. The minimum atomic E-state index is -0.376. The third kappa shape index (κ3) is 4.07. The second kappa shape index (κ2) is 5.24. The zero-order valence-electron chi connectivity index (χ0n) is 8.88. The van der Waals surface area contributed by atoms with E-state index >= 15 is 0 Å². The molecule has 0 saturated carbocycles. The Morgan fingerprint density at radius 2 is 2.00 bits per heavy atom. The van der Waals surface area contributed by atoms with Crippen LogP contribution in [0.1, 0.15) is 20.3 Å². The van der Waals surface area contributed by atoms with Crippen molar-refractivity contribution in [3.8, 4) is 0 Å². The first-order valence-electron chi connectivity index (χ1n) is 5.02. The minimum Gasteiger partial charge on any atom is -0.379 e. The van der Waals surface area contributed by atoms with Crippen LogP contribution >= 0.6 is 15.9 Å². The molecule has 14 heavy (non-hydrogen) atoms. The Morgan fingerprint density at radius 3 is 2.50 bits per heavy atom. The summed E-state index contributed by atoms with van der Waals surface area (Å²) >= 11 is 3.38. The molecule has 82 valence electrons. The number of Topliss-reactive ketones (excluding diaryl/α,β-unsaturated/α-hetero) is 1. The maximum atomic E-state index is 11.6. The normalized spacial score (nSPS) is 19.6. The summed E-state index contributed by atoms with van der Waals surface area (Å²) in [7, 11) is 0. The molecule has 0 aromatic carbocycles. The van der Waals surface area contributed by atoms with Crippen molar-refractivity contribution < 1.29 is 9.53 Å². The smallest absolute Gasteiger partial charge is 0.150 e. The van der Waals surface area contributed by atoms with Crippen LogP contribution in [0, 0.1) is 0 Å². The second-order valence-corrected chi connectivity index (χ2v) is 6.08. The van der Waals surface area contributed by atoms with E-state index in [1.165, 1.54) is 0 Å². The predicted octanol–water partition coefficient (Wildman–Crippen LogP) is 1.45. The molecule has 1 heterocycles. The number of alkyl halides is 1. The van der Waals surface area contributed by atoms with E-state index in [2.05, 4.69) is 20.8 Å². The van der Waals surface area contributed by atoms with E-state index in [0.717, 1.165) is 32.8 Å². The minimum absolute atomic E-state index is 0.268. The van der Waals surface area contributed by atoms with Crippen molar-refractivity contribution in [3.63, 3.8) is 0 Å². The lowest BCUT2D eigenvalue weighted by molar-refractivity contribution is -0.121. The van der Waals surface area contributed by atoms with Gasteiger partial charge in [0.25, 0.3) is 0 Å². The van der Waals surface area contributed by atoms with Crippen LogP contribution < -0.4 is 0 Å². The zero-order valence-corrected chi connectivity index (χ0v) is 10.5. The summed E-state index contributed by atoms with van der Waals surface area (Å²) < 4.78 is 4.86. The van der Waals surface area contributed by atoms with Gasteiger partial charge in [-0.15, -0.1) is 0 Å². The molecule has 0 atom stereocenters. The SMILES string of the molecule is CC(C)(Br)C(=O)CCN1CCOCC1. The number of hydrogen-bond acceptors (Lipinski definition) is 3. The molecule has 0 unspecified atom stereocenters. The fourth-order valence-corrected chi connectivity index (χ4v) is 1.58. The molecular weight excluding hydrogens is 246 g/mol. The quantitative estimate of drug-likeness (QED) is 0.720. The van der Waals surface area contributed by atoms with Crippen molar-refractivity contribution in [2.75, 3.05) is 32.8 Å². The largest absolute Gasteiger partial charge is 0.379 e. The molecule has 3 nitrogen and oxygen atoms in total. The highest BCUT2D eigenvalue weighted by molar-refractivity contribution is 9.10. The molecule has 0 aliphatic carbocycles. The van der Waals surface area contributed by atoms with Crippen molar-refractivity contribution in [1.82, 2.24) is 4.90 Å². The predicted molar refractivity (Wildman–Crippen MR) is 59.9 cm³/mol. The van der Waals surface area contributed by atoms with Crippen LogP contribution in [-0.2, 0) is 9.53 Å². The Hall–Kier alpha value is 0.0700. The molecule has 0 spiro atoms. The molecule has 1 aliphatic rings. The highest BCUT2D eigenvalue weighted by atomic mass is 79.9. The van der Waals surface area contributed by atoms with Crippen molar-refractivity contribution in [3.05, 3.63) is 0 Å². The lowest BCUT2D eigenvalue weighted by Crippen LogP contribution is -2.38. The van der Waals surface area contributed by atoms with Crippen LogP contribution in [0.4, 0.5) is 0 Å². The Morgan fingerprint density at radius 1 is 1.43 bits per heavy atom. The van der Waals surface area contributed by atoms with Gasteiger partial charge < -0.3 is 4.74 Å². The molecular formula is C10H18BrNO2. The van der Waals surface area contributed by atoms with Gasteiger partial charge in [0.05, 0.1) is 17.5 Å². The number of halogens is 1. The standard InChI is InChI=1S/C10H18BrNO2/c1-10(2,11)9(13)3-4-12-5-7-14-8-6-12/h3-8H2,1-2H3.